The van der Waals surface area contributed by atoms with Crippen molar-refractivity contribution >= 4 is 17.3 Å². The van der Waals surface area contributed by atoms with Crippen LogP contribution in [0.5, 0.6) is 0 Å². The van der Waals surface area contributed by atoms with Crippen molar-refractivity contribution in [3.05, 3.63) is 41.2 Å². The Morgan fingerprint density at radius 1 is 1.05 bits per heavy atom. The van der Waals surface area contributed by atoms with Crippen LogP contribution in [-0.4, -0.2) is 16.5 Å². The van der Waals surface area contributed by atoms with Gasteiger partial charge in [-0.3, -0.25) is 0 Å². The van der Waals surface area contributed by atoms with Crippen LogP contribution in [0.1, 0.15) is 37.2 Å². The van der Waals surface area contributed by atoms with Gasteiger partial charge < -0.3 is 10.6 Å². The van der Waals surface area contributed by atoms with Gasteiger partial charge in [-0.25, -0.2) is 9.97 Å². The van der Waals surface area contributed by atoms with E-state index < -0.39 is 0 Å². The smallest absolute Gasteiger partial charge is 0.141 e. The first-order valence-corrected chi connectivity index (χ1v) is 7.54. The van der Waals surface area contributed by atoms with Crippen molar-refractivity contribution in [1.82, 2.24) is 9.97 Å². The second-order valence-corrected chi connectivity index (χ2v) is 5.30. The first-order valence-electron chi connectivity index (χ1n) is 7.54. The number of nitrogen functional groups attached to an aromatic ring is 1. The molecule has 2 aromatic rings. The predicted octanol–water partition coefficient (Wildman–Crippen LogP) is 3.79. The molecule has 0 bridgehead atoms. The van der Waals surface area contributed by atoms with Crippen molar-refractivity contribution in [2.24, 2.45) is 0 Å². The van der Waals surface area contributed by atoms with E-state index in [-0.39, 0.29) is 0 Å². The van der Waals surface area contributed by atoms with Crippen molar-refractivity contribution in [3.63, 3.8) is 0 Å². The quantitative estimate of drug-likeness (QED) is 0.907. The Hall–Kier alpha value is -2.10. The topological polar surface area (TPSA) is 55.0 Å². The average Bonchev–Trinajstić information content (AvgIpc) is 2.47. The summed E-state index contributed by atoms with van der Waals surface area (Å²) in [7, 11) is 0. The summed E-state index contributed by atoms with van der Waals surface area (Å²) < 4.78 is 0. The zero-order valence-corrected chi connectivity index (χ0v) is 13.3. The van der Waals surface area contributed by atoms with Gasteiger partial charge in [0.15, 0.2) is 0 Å². The van der Waals surface area contributed by atoms with Gasteiger partial charge >= 0.3 is 0 Å². The Balaban J connectivity index is 2.48. The SMILES string of the molecule is CCCc1nc(N)c(C)c(N(CC)c2ccc(C)cc2)n1. The van der Waals surface area contributed by atoms with Crippen LogP contribution < -0.4 is 10.6 Å². The zero-order valence-electron chi connectivity index (χ0n) is 13.3. The molecule has 2 rings (SSSR count). The van der Waals surface area contributed by atoms with Crippen molar-refractivity contribution in [2.45, 2.75) is 40.5 Å². The van der Waals surface area contributed by atoms with Crippen LogP contribution in [-0.2, 0) is 6.42 Å². The molecular weight excluding hydrogens is 260 g/mol. The highest BCUT2D eigenvalue weighted by atomic mass is 15.2. The van der Waals surface area contributed by atoms with Crippen LogP contribution in [0.15, 0.2) is 24.3 Å². The molecule has 0 fully saturated rings. The van der Waals surface area contributed by atoms with Gasteiger partial charge in [-0.15, -0.1) is 0 Å². The molecule has 0 atom stereocenters. The molecule has 0 amide bonds. The third kappa shape index (κ3) is 3.32. The standard InChI is InChI=1S/C17H24N4/c1-5-7-15-19-16(18)13(4)17(20-15)21(6-2)14-10-8-12(3)9-11-14/h8-11H,5-7H2,1-4H3,(H2,18,19,20). The summed E-state index contributed by atoms with van der Waals surface area (Å²) in [4.78, 5) is 11.3. The minimum absolute atomic E-state index is 0.578. The second-order valence-electron chi connectivity index (χ2n) is 5.30. The maximum Gasteiger partial charge on any atom is 0.141 e. The van der Waals surface area contributed by atoms with E-state index in [9.17, 15) is 0 Å². The monoisotopic (exact) mass is 284 g/mol. The number of nitrogens with zero attached hydrogens (tertiary/aromatic N) is 3. The number of nitrogens with two attached hydrogens (primary N) is 1. The third-order valence-corrected chi connectivity index (χ3v) is 3.60. The van der Waals surface area contributed by atoms with E-state index in [0.717, 1.165) is 42.3 Å². The van der Waals surface area contributed by atoms with E-state index in [0.29, 0.717) is 5.82 Å². The Morgan fingerprint density at radius 3 is 2.29 bits per heavy atom. The summed E-state index contributed by atoms with van der Waals surface area (Å²) in [6.07, 6.45) is 1.86. The Labute approximate surface area is 127 Å². The fourth-order valence-corrected chi connectivity index (χ4v) is 2.35. The summed E-state index contributed by atoms with van der Waals surface area (Å²) >= 11 is 0. The lowest BCUT2D eigenvalue weighted by Crippen LogP contribution is -2.20. The molecule has 0 aliphatic heterocycles. The van der Waals surface area contributed by atoms with Crippen LogP contribution in [0, 0.1) is 13.8 Å². The number of rotatable bonds is 5. The third-order valence-electron chi connectivity index (χ3n) is 3.60. The van der Waals surface area contributed by atoms with Crippen LogP contribution in [0.4, 0.5) is 17.3 Å². The molecule has 0 aliphatic carbocycles. The molecule has 4 heteroatoms. The number of aryl methyl sites for hydroxylation is 2. The number of hydrogen-bond acceptors (Lipinski definition) is 4. The first kappa shape index (κ1) is 15.3. The van der Waals surface area contributed by atoms with E-state index in [1.807, 2.05) is 6.92 Å². The molecule has 0 aliphatic rings. The van der Waals surface area contributed by atoms with Crippen molar-refractivity contribution in [2.75, 3.05) is 17.2 Å². The fourth-order valence-electron chi connectivity index (χ4n) is 2.35. The predicted molar refractivity (Wildman–Crippen MR) is 89.0 cm³/mol. The average molecular weight is 284 g/mol. The van der Waals surface area contributed by atoms with Crippen LogP contribution in [0.2, 0.25) is 0 Å². The van der Waals surface area contributed by atoms with Gasteiger partial charge in [0.25, 0.3) is 0 Å². The molecule has 112 valence electrons. The van der Waals surface area contributed by atoms with Gasteiger partial charge in [-0.1, -0.05) is 24.6 Å². The highest BCUT2D eigenvalue weighted by molar-refractivity contribution is 5.66. The molecule has 21 heavy (non-hydrogen) atoms. The van der Waals surface area contributed by atoms with E-state index in [2.05, 4.69) is 54.9 Å². The maximum atomic E-state index is 6.07. The van der Waals surface area contributed by atoms with Crippen molar-refractivity contribution in [3.8, 4) is 0 Å². The molecule has 1 aromatic carbocycles. The van der Waals surface area contributed by atoms with Crippen molar-refractivity contribution < 1.29 is 0 Å². The van der Waals surface area contributed by atoms with E-state index in [1.54, 1.807) is 0 Å². The summed E-state index contributed by atoms with van der Waals surface area (Å²) in [5, 5.41) is 0. The number of aromatic nitrogens is 2. The van der Waals surface area contributed by atoms with Gasteiger partial charge in [0.05, 0.1) is 0 Å². The molecule has 0 radical (unpaired) electrons. The lowest BCUT2D eigenvalue weighted by atomic mass is 10.2. The molecule has 0 spiro atoms. The molecular formula is C17H24N4. The minimum Gasteiger partial charge on any atom is -0.383 e. The lowest BCUT2D eigenvalue weighted by Gasteiger charge is -2.25. The largest absolute Gasteiger partial charge is 0.383 e. The molecule has 0 saturated carbocycles. The Bertz CT molecular complexity index is 605. The maximum absolute atomic E-state index is 6.07. The Morgan fingerprint density at radius 2 is 1.71 bits per heavy atom. The van der Waals surface area contributed by atoms with Gasteiger partial charge in [-0.05, 0) is 39.3 Å². The Kier molecular flexibility index (Phi) is 4.78. The van der Waals surface area contributed by atoms with Crippen LogP contribution in [0.25, 0.3) is 0 Å². The van der Waals surface area contributed by atoms with Gasteiger partial charge in [0.2, 0.25) is 0 Å². The normalized spacial score (nSPS) is 10.7. The van der Waals surface area contributed by atoms with Crippen LogP contribution >= 0.6 is 0 Å². The molecule has 0 saturated heterocycles. The number of anilines is 3. The van der Waals surface area contributed by atoms with E-state index in [4.69, 9.17) is 10.7 Å². The van der Waals surface area contributed by atoms with Crippen molar-refractivity contribution in [1.29, 1.82) is 0 Å². The van der Waals surface area contributed by atoms with Crippen LogP contribution in [0.3, 0.4) is 0 Å². The number of benzene rings is 1. The lowest BCUT2D eigenvalue weighted by molar-refractivity contribution is 0.824. The van der Waals surface area contributed by atoms with Gasteiger partial charge in [0, 0.05) is 24.2 Å². The highest BCUT2D eigenvalue weighted by Gasteiger charge is 2.15. The molecule has 2 N–H and O–H groups in total. The summed E-state index contributed by atoms with van der Waals surface area (Å²) in [5.74, 6) is 2.31. The van der Waals surface area contributed by atoms with Gasteiger partial charge in [0.1, 0.15) is 17.5 Å². The summed E-state index contributed by atoms with van der Waals surface area (Å²) in [6, 6.07) is 8.47. The van der Waals surface area contributed by atoms with E-state index in [1.165, 1.54) is 5.56 Å². The second kappa shape index (κ2) is 6.57. The number of hydrogen-bond donors (Lipinski definition) is 1. The van der Waals surface area contributed by atoms with E-state index >= 15 is 0 Å². The molecule has 0 unspecified atom stereocenters. The highest BCUT2D eigenvalue weighted by Crippen LogP contribution is 2.29. The summed E-state index contributed by atoms with van der Waals surface area (Å²) in [5.41, 5.74) is 9.39. The minimum atomic E-state index is 0.578. The van der Waals surface area contributed by atoms with Gasteiger partial charge in [-0.2, -0.15) is 0 Å². The molecule has 4 nitrogen and oxygen atoms in total. The fraction of sp³-hybridized carbons (Fsp3) is 0.412. The molecule has 1 heterocycles. The zero-order chi connectivity index (χ0) is 15.4. The molecule has 1 aromatic heterocycles. The first-order chi connectivity index (χ1) is 10.1. The summed E-state index contributed by atoms with van der Waals surface area (Å²) in [6.45, 7) is 9.16.